The molecule has 0 unspecified atom stereocenters. The fraction of sp³-hybridized carbons (Fsp3) is 0.160. The van der Waals surface area contributed by atoms with Crippen molar-refractivity contribution >= 4 is 40.9 Å². The van der Waals surface area contributed by atoms with Gasteiger partial charge in [0.25, 0.3) is 11.8 Å². The lowest BCUT2D eigenvalue weighted by molar-refractivity contribution is -0.137. The first-order valence-corrected chi connectivity index (χ1v) is 10.9. The smallest absolute Gasteiger partial charge is 0.317 e. The average Bonchev–Trinajstić information content (AvgIpc) is 3.28. The molecule has 1 aromatic heterocycles. The molecule has 2 amide bonds. The van der Waals surface area contributed by atoms with E-state index >= 15 is 0 Å². The van der Waals surface area contributed by atoms with Crippen LogP contribution in [0.5, 0.6) is 0 Å². The zero-order valence-electron chi connectivity index (χ0n) is 18.1. The van der Waals surface area contributed by atoms with E-state index in [0.717, 1.165) is 12.1 Å². The molecule has 1 fully saturated rings. The van der Waals surface area contributed by atoms with Gasteiger partial charge < -0.3 is 4.57 Å². The van der Waals surface area contributed by atoms with Crippen LogP contribution in [0.1, 0.15) is 24.6 Å². The van der Waals surface area contributed by atoms with Crippen molar-refractivity contribution in [1.29, 1.82) is 0 Å². The molecule has 0 radical (unpaired) electrons. The van der Waals surface area contributed by atoms with Crippen molar-refractivity contribution in [2.75, 3.05) is 11.4 Å². The first-order chi connectivity index (χ1) is 16.2. The summed E-state index contributed by atoms with van der Waals surface area (Å²) >= 11 is 5.47. The Morgan fingerprint density at radius 1 is 0.912 bits per heavy atom. The van der Waals surface area contributed by atoms with Crippen molar-refractivity contribution in [1.82, 2.24) is 9.47 Å². The molecular weight excluding hydrogens is 463 g/mol. The van der Waals surface area contributed by atoms with E-state index in [1.807, 2.05) is 6.92 Å². The summed E-state index contributed by atoms with van der Waals surface area (Å²) in [6.07, 6.45) is -0.908. The maximum absolute atomic E-state index is 13.4. The van der Waals surface area contributed by atoms with Crippen molar-refractivity contribution in [2.45, 2.75) is 19.5 Å². The van der Waals surface area contributed by atoms with Gasteiger partial charge >= 0.3 is 6.18 Å². The average molecular weight is 484 g/mol. The van der Waals surface area contributed by atoms with Crippen LogP contribution in [0.3, 0.4) is 0 Å². The lowest BCUT2D eigenvalue weighted by atomic mass is 10.1. The summed E-state index contributed by atoms with van der Waals surface area (Å²) in [7, 11) is 0. The molecule has 3 aromatic rings. The number of nitrogens with zero attached hydrogens (tertiary/aromatic N) is 3. The summed E-state index contributed by atoms with van der Waals surface area (Å²) in [6, 6.07) is 16.8. The van der Waals surface area contributed by atoms with Gasteiger partial charge in [-0.2, -0.15) is 13.2 Å². The zero-order chi connectivity index (χ0) is 24.5. The van der Waals surface area contributed by atoms with Crippen molar-refractivity contribution in [2.24, 2.45) is 0 Å². The zero-order valence-corrected chi connectivity index (χ0v) is 18.9. The molecule has 0 aliphatic carbocycles. The molecule has 4 rings (SSSR count). The van der Waals surface area contributed by atoms with E-state index in [0.29, 0.717) is 24.3 Å². The number of hydrogen-bond donors (Lipinski definition) is 0. The predicted octanol–water partition coefficient (Wildman–Crippen LogP) is 5.45. The third-order valence-electron chi connectivity index (χ3n) is 5.32. The van der Waals surface area contributed by atoms with Crippen LogP contribution in [-0.4, -0.2) is 32.9 Å². The maximum atomic E-state index is 13.4. The highest BCUT2D eigenvalue weighted by Crippen LogP contribution is 2.31. The van der Waals surface area contributed by atoms with E-state index in [1.165, 1.54) is 32.6 Å². The normalized spacial score (nSPS) is 16.0. The highest BCUT2D eigenvalue weighted by Gasteiger charge is 2.40. The summed E-state index contributed by atoms with van der Waals surface area (Å²) in [5, 5.41) is 0.0912. The van der Waals surface area contributed by atoms with Crippen LogP contribution in [0.2, 0.25) is 0 Å². The van der Waals surface area contributed by atoms with E-state index in [1.54, 1.807) is 48.7 Å². The van der Waals surface area contributed by atoms with E-state index in [4.69, 9.17) is 12.2 Å². The van der Waals surface area contributed by atoms with Gasteiger partial charge in [-0.15, -0.1) is 0 Å². The molecule has 174 valence electrons. The number of hydrogen-bond acceptors (Lipinski definition) is 3. The number of carbonyl (C=O) groups excluding carboxylic acids is 2. The largest absolute Gasteiger partial charge is 0.416 e. The van der Waals surface area contributed by atoms with Crippen LogP contribution in [0.4, 0.5) is 18.9 Å². The quantitative estimate of drug-likeness (QED) is 0.275. The highest BCUT2D eigenvalue weighted by molar-refractivity contribution is 7.80. The van der Waals surface area contributed by atoms with E-state index in [2.05, 4.69) is 0 Å². The number of amides is 2. The van der Waals surface area contributed by atoms with Crippen LogP contribution in [0, 0.1) is 0 Å². The van der Waals surface area contributed by atoms with Crippen molar-refractivity contribution in [3.05, 3.63) is 89.8 Å². The van der Waals surface area contributed by atoms with Crippen molar-refractivity contribution < 1.29 is 22.8 Å². The summed E-state index contributed by atoms with van der Waals surface area (Å²) < 4.78 is 41.1. The number of aromatic nitrogens is 1. The van der Waals surface area contributed by atoms with Crippen LogP contribution < -0.4 is 4.90 Å². The minimum Gasteiger partial charge on any atom is -0.317 e. The Balaban J connectivity index is 1.80. The predicted molar refractivity (Wildman–Crippen MR) is 127 cm³/mol. The molecule has 0 saturated carbocycles. The minimum absolute atomic E-state index is 0.0912. The highest BCUT2D eigenvalue weighted by atomic mass is 32.1. The second-order valence-electron chi connectivity index (χ2n) is 7.62. The summed E-state index contributed by atoms with van der Waals surface area (Å²) in [6.45, 7) is 2.21. The Labute approximate surface area is 199 Å². The van der Waals surface area contributed by atoms with Crippen LogP contribution in [-0.2, 0) is 15.8 Å². The Kier molecular flexibility index (Phi) is 6.39. The third kappa shape index (κ3) is 4.38. The molecule has 0 spiro atoms. The van der Waals surface area contributed by atoms with E-state index in [9.17, 15) is 22.8 Å². The van der Waals surface area contributed by atoms with Crippen LogP contribution >= 0.6 is 12.2 Å². The standard InChI is InChI=1S/C25H20F3N3O2S/c1-2-13-30-22(32)21(23(33)31(24(30)34)18-9-4-3-5-10-18)16-20-12-7-14-29(20)19-11-6-8-17(15-19)25(26,27)28/h3-12,14-16H,2,13H2,1H3. The summed E-state index contributed by atoms with van der Waals surface area (Å²) in [5.74, 6) is -1.13. The molecular formula is C25H20F3N3O2S. The van der Waals surface area contributed by atoms with Gasteiger partial charge in [0.1, 0.15) is 5.57 Å². The Bertz CT molecular complexity index is 1280. The molecule has 1 aliphatic heterocycles. The fourth-order valence-electron chi connectivity index (χ4n) is 3.73. The molecule has 5 nitrogen and oxygen atoms in total. The maximum Gasteiger partial charge on any atom is 0.416 e. The number of rotatable bonds is 5. The van der Waals surface area contributed by atoms with E-state index < -0.39 is 23.6 Å². The molecule has 34 heavy (non-hydrogen) atoms. The third-order valence-corrected chi connectivity index (χ3v) is 5.72. The minimum atomic E-state index is -4.50. The number of thiocarbonyl (C=S) groups is 1. The summed E-state index contributed by atoms with van der Waals surface area (Å²) in [4.78, 5) is 29.3. The van der Waals surface area contributed by atoms with Crippen molar-refractivity contribution in [3.8, 4) is 5.69 Å². The van der Waals surface area contributed by atoms with Gasteiger partial charge in [0.15, 0.2) is 5.11 Å². The first-order valence-electron chi connectivity index (χ1n) is 10.5. The topological polar surface area (TPSA) is 45.6 Å². The van der Waals surface area contributed by atoms with Crippen molar-refractivity contribution in [3.63, 3.8) is 0 Å². The van der Waals surface area contributed by atoms with Gasteiger partial charge in [-0.3, -0.25) is 19.4 Å². The van der Waals surface area contributed by atoms with Gasteiger partial charge in [0, 0.05) is 24.1 Å². The van der Waals surface area contributed by atoms with Gasteiger partial charge in [-0.25, -0.2) is 0 Å². The molecule has 0 bridgehead atoms. The number of carbonyl (C=O) groups is 2. The molecule has 2 heterocycles. The summed E-state index contributed by atoms with van der Waals surface area (Å²) in [5.41, 5.74) is 0.233. The van der Waals surface area contributed by atoms with Crippen LogP contribution in [0.15, 0.2) is 78.5 Å². The van der Waals surface area contributed by atoms with Gasteiger partial charge in [-0.05, 0) is 67.2 Å². The molecule has 1 saturated heterocycles. The number of benzene rings is 2. The Hall–Kier alpha value is -3.72. The first kappa shape index (κ1) is 23.4. The number of anilines is 1. The second-order valence-corrected chi connectivity index (χ2v) is 7.99. The molecule has 1 aliphatic rings. The van der Waals surface area contributed by atoms with Gasteiger partial charge in [-0.1, -0.05) is 31.2 Å². The molecule has 2 aromatic carbocycles. The van der Waals surface area contributed by atoms with Crippen LogP contribution in [0.25, 0.3) is 11.8 Å². The Morgan fingerprint density at radius 2 is 1.62 bits per heavy atom. The lowest BCUT2D eigenvalue weighted by Crippen LogP contribution is -2.56. The SMILES string of the molecule is CCCN1C(=O)C(=Cc2cccn2-c2cccc(C(F)(F)F)c2)C(=O)N(c2ccccc2)C1=S. The van der Waals surface area contributed by atoms with E-state index in [-0.39, 0.29) is 16.4 Å². The molecule has 0 N–H and O–H groups in total. The fourth-order valence-corrected chi connectivity index (χ4v) is 4.09. The second kappa shape index (κ2) is 9.26. The number of para-hydroxylation sites is 1. The lowest BCUT2D eigenvalue weighted by Gasteiger charge is -2.36. The monoisotopic (exact) mass is 483 g/mol. The number of alkyl halides is 3. The number of halogens is 3. The van der Waals surface area contributed by atoms with Gasteiger partial charge in [0.05, 0.1) is 11.3 Å². The molecule has 0 atom stereocenters. The van der Waals surface area contributed by atoms with Gasteiger partial charge in [0.2, 0.25) is 0 Å². The molecule has 9 heteroatoms. The Morgan fingerprint density at radius 3 is 2.29 bits per heavy atom.